The normalized spacial score (nSPS) is 14.7. The van der Waals surface area contributed by atoms with Crippen molar-refractivity contribution in [1.29, 1.82) is 0 Å². The molecule has 4 aromatic rings. The number of ether oxygens (including phenoxy) is 2. The number of carbonyl (C=O) groups is 2. The molecule has 1 aliphatic heterocycles. The first-order valence-corrected chi connectivity index (χ1v) is 15.1. The standard InChI is InChI=1S/C32H33ClN4O4S/c1-5-16-34-27(38)18-36-28(39)19-42-31(25-17-24(40-3)14-15-26(25)41-4)29-30(21-8-10-22(33)11-9-21)35-37(32(29)36)23-12-6-20(2)7-13-23/h6-15,17,31H,5,16,18-19H2,1-4H3,(H,34,38)/t31-/m1/s1. The van der Waals surface area contributed by atoms with E-state index < -0.39 is 0 Å². The minimum Gasteiger partial charge on any atom is -0.497 e. The van der Waals surface area contributed by atoms with Gasteiger partial charge in [-0.25, -0.2) is 4.68 Å². The lowest BCUT2D eigenvalue weighted by molar-refractivity contribution is -0.122. The van der Waals surface area contributed by atoms with E-state index in [9.17, 15) is 9.59 Å². The Balaban J connectivity index is 1.82. The van der Waals surface area contributed by atoms with Gasteiger partial charge in [0.05, 0.1) is 36.6 Å². The van der Waals surface area contributed by atoms with Gasteiger partial charge < -0.3 is 14.8 Å². The summed E-state index contributed by atoms with van der Waals surface area (Å²) in [4.78, 5) is 28.5. The summed E-state index contributed by atoms with van der Waals surface area (Å²) in [6.07, 6.45) is 0.792. The first-order chi connectivity index (χ1) is 20.3. The topological polar surface area (TPSA) is 85.7 Å². The molecule has 8 nitrogen and oxygen atoms in total. The number of hydrogen-bond donors (Lipinski definition) is 1. The molecule has 0 bridgehead atoms. The highest BCUT2D eigenvalue weighted by Crippen LogP contribution is 2.51. The maximum Gasteiger partial charge on any atom is 0.240 e. The van der Waals surface area contributed by atoms with Crippen LogP contribution in [0.4, 0.5) is 5.82 Å². The largest absolute Gasteiger partial charge is 0.497 e. The van der Waals surface area contributed by atoms with Crippen molar-refractivity contribution in [3.05, 3.63) is 88.4 Å². The summed E-state index contributed by atoms with van der Waals surface area (Å²) in [7, 11) is 3.24. The number of thioether (sulfide) groups is 1. The predicted molar refractivity (Wildman–Crippen MR) is 168 cm³/mol. The number of methoxy groups -OCH3 is 2. The molecule has 218 valence electrons. The summed E-state index contributed by atoms with van der Waals surface area (Å²) in [5, 5.41) is 8.27. The zero-order valence-electron chi connectivity index (χ0n) is 24.0. The average Bonchev–Trinajstić information content (AvgIpc) is 3.32. The number of amides is 2. The van der Waals surface area contributed by atoms with E-state index in [2.05, 4.69) is 5.32 Å². The number of aryl methyl sites for hydroxylation is 1. The van der Waals surface area contributed by atoms with E-state index in [4.69, 9.17) is 26.2 Å². The highest BCUT2D eigenvalue weighted by atomic mass is 35.5. The van der Waals surface area contributed by atoms with Crippen molar-refractivity contribution < 1.29 is 19.1 Å². The molecule has 5 rings (SSSR count). The number of fused-ring (bicyclic) bond motifs is 1. The lowest BCUT2D eigenvalue weighted by atomic mass is 9.98. The summed E-state index contributed by atoms with van der Waals surface area (Å²) < 4.78 is 13.2. The van der Waals surface area contributed by atoms with Crippen LogP contribution in [0.3, 0.4) is 0 Å². The number of nitrogens with zero attached hydrogens (tertiary/aromatic N) is 3. The Morgan fingerprint density at radius 2 is 1.81 bits per heavy atom. The molecule has 0 fully saturated rings. The Kier molecular flexibility index (Phi) is 9.09. The molecular formula is C32H33ClN4O4S. The molecule has 3 aromatic carbocycles. The maximum atomic E-state index is 13.9. The Bertz CT molecular complexity index is 1590. The number of nitrogens with one attached hydrogen (secondary N) is 1. The van der Waals surface area contributed by atoms with Crippen LogP contribution < -0.4 is 19.7 Å². The van der Waals surface area contributed by atoms with Gasteiger partial charge in [0.25, 0.3) is 0 Å². The van der Waals surface area contributed by atoms with Crippen molar-refractivity contribution in [2.45, 2.75) is 25.5 Å². The van der Waals surface area contributed by atoms with E-state index in [0.29, 0.717) is 34.6 Å². The number of benzene rings is 3. The summed E-state index contributed by atoms with van der Waals surface area (Å²) in [5.74, 6) is 1.59. The van der Waals surface area contributed by atoms with Gasteiger partial charge in [0.2, 0.25) is 11.8 Å². The molecule has 0 radical (unpaired) electrons. The predicted octanol–water partition coefficient (Wildman–Crippen LogP) is 6.21. The fraction of sp³-hybridized carbons (Fsp3) is 0.281. The number of anilines is 1. The third-order valence-corrected chi connectivity index (χ3v) is 8.57. The molecule has 0 saturated heterocycles. The molecule has 1 aliphatic rings. The first-order valence-electron chi connectivity index (χ1n) is 13.7. The van der Waals surface area contributed by atoms with E-state index in [0.717, 1.165) is 34.4 Å². The van der Waals surface area contributed by atoms with Crippen LogP contribution in [0.1, 0.15) is 35.3 Å². The van der Waals surface area contributed by atoms with Crippen LogP contribution in [0.15, 0.2) is 66.7 Å². The molecule has 2 amide bonds. The summed E-state index contributed by atoms with van der Waals surface area (Å²) in [5.41, 5.74) is 5.01. The molecular weight excluding hydrogens is 572 g/mol. The van der Waals surface area contributed by atoms with Crippen LogP contribution in [0.25, 0.3) is 16.9 Å². The van der Waals surface area contributed by atoms with Gasteiger partial charge in [0.15, 0.2) is 0 Å². The third kappa shape index (κ3) is 5.98. The first kappa shape index (κ1) is 29.5. The van der Waals surface area contributed by atoms with E-state index in [1.165, 1.54) is 11.8 Å². The van der Waals surface area contributed by atoms with Crippen LogP contribution in [-0.2, 0) is 9.59 Å². The minimum absolute atomic E-state index is 0.133. The Labute approximate surface area is 255 Å². The zero-order chi connectivity index (χ0) is 29.8. The van der Waals surface area contributed by atoms with Crippen LogP contribution in [0, 0.1) is 6.92 Å². The van der Waals surface area contributed by atoms with Gasteiger partial charge in [0, 0.05) is 28.3 Å². The van der Waals surface area contributed by atoms with Gasteiger partial charge in [-0.15, -0.1) is 11.8 Å². The Morgan fingerprint density at radius 3 is 2.48 bits per heavy atom. The van der Waals surface area contributed by atoms with Gasteiger partial charge in [0.1, 0.15) is 23.9 Å². The third-order valence-electron chi connectivity index (χ3n) is 7.08. The molecule has 0 spiro atoms. The summed E-state index contributed by atoms with van der Waals surface area (Å²) >= 11 is 7.74. The average molecular weight is 605 g/mol. The van der Waals surface area contributed by atoms with Gasteiger partial charge in [-0.05, 0) is 55.8 Å². The molecule has 42 heavy (non-hydrogen) atoms. The molecule has 1 aromatic heterocycles. The fourth-order valence-electron chi connectivity index (χ4n) is 4.96. The van der Waals surface area contributed by atoms with Crippen molar-refractivity contribution in [2.24, 2.45) is 0 Å². The molecule has 1 atom stereocenters. The van der Waals surface area contributed by atoms with E-state index in [-0.39, 0.29) is 29.4 Å². The number of carbonyl (C=O) groups excluding carboxylic acids is 2. The molecule has 2 heterocycles. The smallest absolute Gasteiger partial charge is 0.240 e. The van der Waals surface area contributed by atoms with Crippen LogP contribution in [0.5, 0.6) is 11.5 Å². The summed E-state index contributed by atoms with van der Waals surface area (Å²) in [6, 6.07) is 21.0. The quantitative estimate of drug-likeness (QED) is 0.244. The van der Waals surface area contributed by atoms with Gasteiger partial charge in [-0.3, -0.25) is 14.5 Å². The lowest BCUT2D eigenvalue weighted by Crippen LogP contribution is -2.42. The fourth-order valence-corrected chi connectivity index (χ4v) is 6.30. The van der Waals surface area contributed by atoms with Crippen LogP contribution in [0.2, 0.25) is 5.02 Å². The van der Waals surface area contributed by atoms with Gasteiger partial charge in [-0.1, -0.05) is 48.4 Å². The van der Waals surface area contributed by atoms with Crippen LogP contribution >= 0.6 is 23.4 Å². The second-order valence-corrected chi connectivity index (χ2v) is 11.5. The monoisotopic (exact) mass is 604 g/mol. The van der Waals surface area contributed by atoms with Crippen molar-refractivity contribution in [1.82, 2.24) is 15.1 Å². The second kappa shape index (κ2) is 12.9. The molecule has 10 heteroatoms. The minimum atomic E-state index is -0.373. The lowest BCUT2D eigenvalue weighted by Gasteiger charge is -2.23. The van der Waals surface area contributed by atoms with E-state index in [1.54, 1.807) is 23.8 Å². The van der Waals surface area contributed by atoms with Gasteiger partial charge >= 0.3 is 0 Å². The zero-order valence-corrected chi connectivity index (χ0v) is 25.6. The van der Waals surface area contributed by atoms with E-state index in [1.807, 2.05) is 80.6 Å². The highest BCUT2D eigenvalue weighted by molar-refractivity contribution is 8.00. The van der Waals surface area contributed by atoms with Crippen LogP contribution in [-0.4, -0.2) is 54.7 Å². The summed E-state index contributed by atoms with van der Waals surface area (Å²) in [6.45, 7) is 4.40. The molecule has 1 N–H and O–H groups in total. The number of aromatic nitrogens is 2. The molecule has 0 saturated carbocycles. The molecule has 0 aliphatic carbocycles. The molecule has 0 unspecified atom stereocenters. The van der Waals surface area contributed by atoms with Crippen molar-refractivity contribution in [2.75, 3.05) is 38.0 Å². The Morgan fingerprint density at radius 1 is 1.07 bits per heavy atom. The Hall–Kier alpha value is -3.95. The number of rotatable bonds is 9. The number of hydrogen-bond acceptors (Lipinski definition) is 6. The maximum absolute atomic E-state index is 13.9. The number of halogens is 1. The highest BCUT2D eigenvalue weighted by Gasteiger charge is 2.38. The van der Waals surface area contributed by atoms with Gasteiger partial charge in [-0.2, -0.15) is 5.10 Å². The SMILES string of the molecule is CCCNC(=O)CN1C(=O)CS[C@H](c2cc(OC)ccc2OC)c2c(-c3ccc(Cl)cc3)nn(-c3ccc(C)cc3)c21. The van der Waals surface area contributed by atoms with Crippen molar-refractivity contribution in [3.8, 4) is 28.4 Å². The second-order valence-electron chi connectivity index (χ2n) is 9.97. The van der Waals surface area contributed by atoms with Crippen molar-refractivity contribution >= 4 is 41.0 Å². The van der Waals surface area contributed by atoms with Crippen molar-refractivity contribution in [3.63, 3.8) is 0 Å². The van der Waals surface area contributed by atoms with E-state index >= 15 is 0 Å².